The Morgan fingerprint density at radius 2 is 1.78 bits per heavy atom. The van der Waals surface area contributed by atoms with Crippen molar-refractivity contribution >= 4 is 29.1 Å². The smallest absolute Gasteiger partial charge is 0.255 e. The fourth-order valence-electron chi connectivity index (χ4n) is 4.83. The summed E-state index contributed by atoms with van der Waals surface area (Å²) in [6, 6.07) is 11.6. The number of hydrogen-bond donors (Lipinski definition) is 3. The molecule has 190 valence electrons. The fourth-order valence-corrected chi connectivity index (χ4v) is 5.10. The van der Waals surface area contributed by atoms with Gasteiger partial charge < -0.3 is 16.0 Å². The van der Waals surface area contributed by atoms with E-state index in [9.17, 15) is 4.79 Å². The zero-order chi connectivity index (χ0) is 25.8. The molecule has 1 fully saturated rings. The molecule has 37 heavy (non-hydrogen) atoms. The lowest BCUT2D eigenvalue weighted by Gasteiger charge is -2.34. The van der Waals surface area contributed by atoms with E-state index in [-0.39, 0.29) is 17.1 Å². The molecule has 0 saturated carbocycles. The summed E-state index contributed by atoms with van der Waals surface area (Å²) in [7, 11) is 0. The molecule has 1 amide bonds. The molecule has 0 bridgehead atoms. The molecule has 9 heteroatoms. The van der Waals surface area contributed by atoms with Gasteiger partial charge in [-0.05, 0) is 62.5 Å². The third kappa shape index (κ3) is 6.18. The monoisotopic (exact) mass is 534 g/mol. The first-order valence-electron chi connectivity index (χ1n) is 12.4. The van der Waals surface area contributed by atoms with E-state index >= 15 is 0 Å². The SMILES string of the molecule is C[C@@H]1C=C(Cc2ccc(-c3ncc(Cl)cn3)cc2)C(NC(=O)c2ccnc(Cl)c2)=C(C2CCNCC2)N1. The van der Waals surface area contributed by atoms with Gasteiger partial charge in [-0.2, -0.15) is 0 Å². The van der Waals surface area contributed by atoms with Gasteiger partial charge in [-0.25, -0.2) is 15.0 Å². The highest BCUT2D eigenvalue weighted by Gasteiger charge is 2.28. The molecule has 0 unspecified atom stereocenters. The van der Waals surface area contributed by atoms with Crippen LogP contribution in [0.2, 0.25) is 10.2 Å². The summed E-state index contributed by atoms with van der Waals surface area (Å²) in [5, 5.41) is 11.1. The summed E-state index contributed by atoms with van der Waals surface area (Å²) in [5.41, 5.74) is 5.56. The molecule has 3 N–H and O–H groups in total. The molecule has 0 aliphatic carbocycles. The second-order valence-corrected chi connectivity index (χ2v) is 10.2. The number of nitrogens with one attached hydrogen (secondary N) is 3. The molecule has 1 saturated heterocycles. The quantitative estimate of drug-likeness (QED) is 0.387. The average Bonchev–Trinajstić information content (AvgIpc) is 2.91. The summed E-state index contributed by atoms with van der Waals surface area (Å²) in [4.78, 5) is 25.9. The number of rotatable bonds is 6. The molecule has 0 radical (unpaired) electrons. The number of carbonyl (C=O) groups is 1. The van der Waals surface area contributed by atoms with Crippen molar-refractivity contribution in [2.24, 2.45) is 5.92 Å². The van der Waals surface area contributed by atoms with Crippen LogP contribution in [0.15, 0.2) is 78.0 Å². The van der Waals surface area contributed by atoms with E-state index in [0.717, 1.165) is 54.0 Å². The van der Waals surface area contributed by atoms with Crippen molar-refractivity contribution in [1.82, 2.24) is 30.9 Å². The Bertz CT molecular complexity index is 1330. The number of aromatic nitrogens is 3. The minimum absolute atomic E-state index is 0.151. The summed E-state index contributed by atoms with van der Waals surface area (Å²) in [5.74, 6) is 0.763. The van der Waals surface area contributed by atoms with Gasteiger partial charge in [-0.15, -0.1) is 0 Å². The van der Waals surface area contributed by atoms with E-state index in [1.54, 1.807) is 30.7 Å². The Kier molecular flexibility index (Phi) is 7.84. The third-order valence-corrected chi connectivity index (χ3v) is 7.03. The third-order valence-electron chi connectivity index (χ3n) is 6.63. The highest BCUT2D eigenvalue weighted by Crippen LogP contribution is 2.30. The first-order valence-corrected chi connectivity index (χ1v) is 13.1. The molecular formula is C28H28Cl2N6O. The van der Waals surface area contributed by atoms with Crippen molar-refractivity contribution < 1.29 is 4.79 Å². The van der Waals surface area contributed by atoms with Crippen LogP contribution in [0.4, 0.5) is 0 Å². The highest BCUT2D eigenvalue weighted by molar-refractivity contribution is 6.30. The zero-order valence-electron chi connectivity index (χ0n) is 20.5. The van der Waals surface area contributed by atoms with Gasteiger partial charge in [0, 0.05) is 47.4 Å². The summed E-state index contributed by atoms with van der Waals surface area (Å²) in [6.07, 6.45) is 9.62. The Balaban J connectivity index is 1.44. The number of benzene rings is 1. The van der Waals surface area contributed by atoms with Crippen LogP contribution in [-0.2, 0) is 6.42 Å². The molecule has 0 spiro atoms. The van der Waals surface area contributed by atoms with Crippen molar-refractivity contribution in [3.63, 3.8) is 0 Å². The molecule has 3 aromatic rings. The number of amides is 1. The van der Waals surface area contributed by atoms with Crippen LogP contribution in [-0.4, -0.2) is 40.0 Å². The number of halogens is 2. The fraction of sp³-hybridized carbons (Fsp3) is 0.286. The Morgan fingerprint density at radius 3 is 2.49 bits per heavy atom. The van der Waals surface area contributed by atoms with Gasteiger partial charge in [0.1, 0.15) is 5.15 Å². The van der Waals surface area contributed by atoms with Crippen LogP contribution < -0.4 is 16.0 Å². The van der Waals surface area contributed by atoms with E-state index in [4.69, 9.17) is 23.2 Å². The molecule has 2 aliphatic heterocycles. The first-order chi connectivity index (χ1) is 18.0. The van der Waals surface area contributed by atoms with E-state index in [0.29, 0.717) is 28.7 Å². The molecule has 5 rings (SSSR count). The zero-order valence-corrected chi connectivity index (χ0v) is 22.0. The maximum atomic E-state index is 13.3. The highest BCUT2D eigenvalue weighted by atomic mass is 35.5. The lowest BCUT2D eigenvalue weighted by atomic mass is 9.87. The predicted octanol–water partition coefficient (Wildman–Crippen LogP) is 4.95. The first kappa shape index (κ1) is 25.4. The van der Waals surface area contributed by atoms with Gasteiger partial charge in [-0.3, -0.25) is 4.79 Å². The minimum Gasteiger partial charge on any atom is -0.380 e. The van der Waals surface area contributed by atoms with Gasteiger partial charge in [-0.1, -0.05) is 53.5 Å². The summed E-state index contributed by atoms with van der Waals surface area (Å²) >= 11 is 12.0. The van der Waals surface area contributed by atoms with Gasteiger partial charge >= 0.3 is 0 Å². The van der Waals surface area contributed by atoms with E-state index in [2.05, 4.69) is 56.0 Å². The lowest BCUT2D eigenvalue weighted by Crippen LogP contribution is -2.41. The van der Waals surface area contributed by atoms with Crippen LogP contribution in [0.1, 0.15) is 35.7 Å². The van der Waals surface area contributed by atoms with Crippen LogP contribution >= 0.6 is 23.2 Å². The normalized spacial score (nSPS) is 18.2. The topological polar surface area (TPSA) is 91.8 Å². The molecular weight excluding hydrogens is 507 g/mol. The van der Waals surface area contributed by atoms with Crippen molar-refractivity contribution in [3.8, 4) is 11.4 Å². The van der Waals surface area contributed by atoms with Crippen molar-refractivity contribution in [2.75, 3.05) is 13.1 Å². The number of carbonyl (C=O) groups excluding carboxylic acids is 1. The van der Waals surface area contributed by atoms with E-state index in [1.165, 1.54) is 0 Å². The number of allylic oxidation sites excluding steroid dienone is 2. The number of hydrogen-bond acceptors (Lipinski definition) is 6. The molecule has 1 atom stereocenters. The molecule has 4 heterocycles. The van der Waals surface area contributed by atoms with E-state index in [1.807, 2.05) is 12.1 Å². The van der Waals surface area contributed by atoms with Crippen LogP contribution in [0, 0.1) is 5.92 Å². The standard InChI is InChI=1S/C28H28Cl2N6O/c1-17-12-22(13-18-2-4-20(5-3-18)27-33-15-23(29)16-34-27)26(25(35-17)19-6-9-31-10-7-19)36-28(37)21-8-11-32-24(30)14-21/h2-5,8,11-12,14-17,19,31,35H,6-7,9-10,13H2,1H3,(H,36,37)/t17-/m1/s1. The van der Waals surface area contributed by atoms with Crippen molar-refractivity contribution in [2.45, 2.75) is 32.2 Å². The van der Waals surface area contributed by atoms with Crippen LogP contribution in [0.5, 0.6) is 0 Å². The maximum absolute atomic E-state index is 13.3. The summed E-state index contributed by atoms with van der Waals surface area (Å²) in [6.45, 7) is 4.06. The predicted molar refractivity (Wildman–Crippen MR) is 146 cm³/mol. The molecule has 2 aromatic heterocycles. The Hall–Kier alpha value is -3.26. The van der Waals surface area contributed by atoms with Gasteiger partial charge in [0.2, 0.25) is 0 Å². The molecule has 2 aliphatic rings. The van der Waals surface area contributed by atoms with Crippen molar-refractivity contribution in [1.29, 1.82) is 0 Å². The van der Waals surface area contributed by atoms with Crippen LogP contribution in [0.3, 0.4) is 0 Å². The second kappa shape index (κ2) is 11.4. The largest absolute Gasteiger partial charge is 0.380 e. The lowest BCUT2D eigenvalue weighted by molar-refractivity contribution is 0.0965. The van der Waals surface area contributed by atoms with Gasteiger partial charge in [0.05, 0.1) is 10.7 Å². The summed E-state index contributed by atoms with van der Waals surface area (Å²) < 4.78 is 0. The van der Waals surface area contributed by atoms with Crippen molar-refractivity contribution in [3.05, 3.63) is 99.3 Å². The van der Waals surface area contributed by atoms with Gasteiger partial charge in [0.25, 0.3) is 5.91 Å². The second-order valence-electron chi connectivity index (χ2n) is 9.36. The maximum Gasteiger partial charge on any atom is 0.255 e. The Morgan fingerprint density at radius 1 is 1.05 bits per heavy atom. The molecule has 1 aromatic carbocycles. The number of nitrogens with zero attached hydrogens (tertiary/aromatic N) is 3. The number of piperidine rings is 1. The minimum atomic E-state index is -0.205. The van der Waals surface area contributed by atoms with Gasteiger partial charge in [0.15, 0.2) is 5.82 Å². The number of pyridine rings is 1. The average molecular weight is 535 g/mol. The molecule has 7 nitrogen and oxygen atoms in total. The van der Waals surface area contributed by atoms with Crippen LogP contribution in [0.25, 0.3) is 11.4 Å². The number of dihydropyridines is 1. The Labute approximate surface area is 226 Å². The van der Waals surface area contributed by atoms with E-state index < -0.39 is 0 Å².